The molecular formula is C23H29N5O2S. The molecule has 0 saturated heterocycles. The van der Waals surface area contributed by atoms with Crippen LogP contribution in [-0.4, -0.2) is 26.5 Å². The van der Waals surface area contributed by atoms with Crippen LogP contribution >= 0.6 is 11.8 Å². The number of benzene rings is 2. The van der Waals surface area contributed by atoms with Crippen LogP contribution in [0.5, 0.6) is 5.75 Å². The molecule has 3 N–H and O–H groups in total. The van der Waals surface area contributed by atoms with Crippen LogP contribution in [0.1, 0.15) is 48.3 Å². The fourth-order valence-corrected chi connectivity index (χ4v) is 4.02. The molecule has 1 atom stereocenters. The van der Waals surface area contributed by atoms with Gasteiger partial charge in [0.2, 0.25) is 11.1 Å². The number of thioether (sulfide) groups is 1. The number of amides is 1. The van der Waals surface area contributed by atoms with Crippen LogP contribution in [-0.2, 0) is 11.4 Å². The van der Waals surface area contributed by atoms with E-state index in [4.69, 9.17) is 10.6 Å². The molecule has 0 aliphatic carbocycles. The van der Waals surface area contributed by atoms with Gasteiger partial charge < -0.3 is 15.9 Å². The lowest BCUT2D eigenvalue weighted by molar-refractivity contribution is -0.119. The van der Waals surface area contributed by atoms with E-state index in [-0.39, 0.29) is 24.3 Å². The van der Waals surface area contributed by atoms with Crippen molar-refractivity contribution in [1.82, 2.24) is 20.2 Å². The fraction of sp³-hybridized carbons (Fsp3) is 0.348. The third kappa shape index (κ3) is 6.01. The summed E-state index contributed by atoms with van der Waals surface area (Å²) in [6, 6.07) is 16.0. The lowest BCUT2D eigenvalue weighted by Crippen LogP contribution is -2.30. The van der Waals surface area contributed by atoms with E-state index in [2.05, 4.69) is 22.4 Å². The lowest BCUT2D eigenvalue weighted by Gasteiger charge is -2.18. The highest BCUT2D eigenvalue weighted by Crippen LogP contribution is 2.24. The first kappa shape index (κ1) is 22.7. The minimum atomic E-state index is -0.0661. The molecule has 0 aliphatic heterocycles. The van der Waals surface area contributed by atoms with Gasteiger partial charge in [0.25, 0.3) is 0 Å². The number of ether oxygens (including phenoxy) is 1. The molecule has 0 spiro atoms. The molecule has 1 unspecified atom stereocenters. The van der Waals surface area contributed by atoms with Gasteiger partial charge in [-0.1, -0.05) is 73.6 Å². The van der Waals surface area contributed by atoms with Gasteiger partial charge in [-0.05, 0) is 37.0 Å². The minimum Gasteiger partial charge on any atom is -0.485 e. The fourth-order valence-electron chi connectivity index (χ4n) is 3.33. The normalized spacial score (nSPS) is 11.8. The molecule has 8 heteroatoms. The Balaban J connectivity index is 1.56. The van der Waals surface area contributed by atoms with Crippen molar-refractivity contribution in [2.45, 2.75) is 51.4 Å². The summed E-state index contributed by atoms with van der Waals surface area (Å²) in [5, 5.41) is 11.8. The predicted octanol–water partition coefficient (Wildman–Crippen LogP) is 3.94. The summed E-state index contributed by atoms with van der Waals surface area (Å²) in [4.78, 5) is 12.5. The highest BCUT2D eigenvalue weighted by Gasteiger charge is 2.17. The highest BCUT2D eigenvalue weighted by atomic mass is 32.2. The number of aryl methyl sites for hydroxylation is 2. The number of para-hydroxylation sites is 1. The van der Waals surface area contributed by atoms with Crippen LogP contribution in [0.2, 0.25) is 0 Å². The smallest absolute Gasteiger partial charge is 0.230 e. The Morgan fingerprint density at radius 3 is 2.52 bits per heavy atom. The molecular weight excluding hydrogens is 410 g/mol. The van der Waals surface area contributed by atoms with Gasteiger partial charge in [-0.25, -0.2) is 4.68 Å². The molecule has 3 aromatic rings. The molecule has 0 radical (unpaired) electrons. The van der Waals surface area contributed by atoms with E-state index in [1.54, 1.807) is 0 Å². The topological polar surface area (TPSA) is 95.1 Å². The number of hydrogen-bond acceptors (Lipinski definition) is 6. The molecule has 0 saturated carbocycles. The first-order chi connectivity index (χ1) is 15.0. The third-order valence-electron chi connectivity index (χ3n) is 4.94. The molecule has 0 bridgehead atoms. The number of rotatable bonds is 10. The maximum Gasteiger partial charge on any atom is 0.230 e. The van der Waals surface area contributed by atoms with Crippen LogP contribution in [0.15, 0.2) is 53.7 Å². The van der Waals surface area contributed by atoms with Gasteiger partial charge in [-0.15, -0.1) is 10.2 Å². The molecule has 1 heterocycles. The number of nitrogens with two attached hydrogens (primary N) is 1. The standard InChI is InChI=1S/C23H29N5O2S/c1-4-9-19(18-12-6-5-7-13-18)25-21(29)15-31-23-27-26-20(28(23)24)14-30-22-16(2)10-8-11-17(22)3/h5-8,10-13,19H,4,9,14-15,24H2,1-3H3,(H,25,29). The summed E-state index contributed by atoms with van der Waals surface area (Å²) in [7, 11) is 0. The van der Waals surface area contributed by atoms with E-state index in [1.807, 2.05) is 62.4 Å². The molecule has 1 amide bonds. The zero-order chi connectivity index (χ0) is 22.2. The van der Waals surface area contributed by atoms with Crippen molar-refractivity contribution in [3.63, 3.8) is 0 Å². The molecule has 1 aromatic heterocycles. The number of carbonyl (C=O) groups is 1. The zero-order valence-electron chi connectivity index (χ0n) is 18.2. The van der Waals surface area contributed by atoms with Crippen molar-refractivity contribution in [3.8, 4) is 5.75 Å². The Hall–Kier alpha value is -3.00. The lowest BCUT2D eigenvalue weighted by atomic mass is 10.0. The maximum atomic E-state index is 12.5. The summed E-state index contributed by atoms with van der Waals surface area (Å²) in [5.74, 6) is 7.59. The second-order valence-electron chi connectivity index (χ2n) is 7.39. The second kappa shape index (κ2) is 10.9. The monoisotopic (exact) mass is 439 g/mol. The molecule has 0 fully saturated rings. The number of carbonyl (C=O) groups excluding carboxylic acids is 1. The Morgan fingerprint density at radius 1 is 1.13 bits per heavy atom. The van der Waals surface area contributed by atoms with Gasteiger partial charge in [0, 0.05) is 0 Å². The van der Waals surface area contributed by atoms with Crippen molar-refractivity contribution in [3.05, 3.63) is 71.0 Å². The number of nitrogen functional groups attached to an aromatic ring is 1. The number of nitrogens with one attached hydrogen (secondary N) is 1. The summed E-state index contributed by atoms with van der Waals surface area (Å²) in [6.07, 6.45) is 1.86. The van der Waals surface area contributed by atoms with E-state index >= 15 is 0 Å². The SMILES string of the molecule is CCCC(NC(=O)CSc1nnc(COc2c(C)cccc2C)n1N)c1ccccc1. The summed E-state index contributed by atoms with van der Waals surface area (Å²) < 4.78 is 7.29. The van der Waals surface area contributed by atoms with E-state index in [1.165, 1.54) is 16.4 Å². The first-order valence-electron chi connectivity index (χ1n) is 10.3. The van der Waals surface area contributed by atoms with E-state index in [0.717, 1.165) is 35.3 Å². The predicted molar refractivity (Wildman–Crippen MR) is 123 cm³/mol. The van der Waals surface area contributed by atoms with Crippen LogP contribution in [0, 0.1) is 13.8 Å². The van der Waals surface area contributed by atoms with Gasteiger partial charge in [0.15, 0.2) is 5.82 Å². The van der Waals surface area contributed by atoms with Crippen molar-refractivity contribution in [2.24, 2.45) is 0 Å². The van der Waals surface area contributed by atoms with E-state index in [9.17, 15) is 4.79 Å². The average molecular weight is 440 g/mol. The van der Waals surface area contributed by atoms with Crippen LogP contribution in [0.4, 0.5) is 0 Å². The van der Waals surface area contributed by atoms with Crippen molar-refractivity contribution >= 4 is 17.7 Å². The van der Waals surface area contributed by atoms with Crippen molar-refractivity contribution < 1.29 is 9.53 Å². The van der Waals surface area contributed by atoms with Crippen LogP contribution in [0.25, 0.3) is 0 Å². The number of aromatic nitrogens is 3. The maximum absolute atomic E-state index is 12.5. The molecule has 2 aromatic carbocycles. The Labute approximate surface area is 187 Å². The van der Waals surface area contributed by atoms with Crippen molar-refractivity contribution in [1.29, 1.82) is 0 Å². The first-order valence-corrected chi connectivity index (χ1v) is 11.3. The summed E-state index contributed by atoms with van der Waals surface area (Å²) in [5.41, 5.74) is 3.21. The minimum absolute atomic E-state index is 0.00337. The van der Waals surface area contributed by atoms with Gasteiger partial charge in [-0.3, -0.25) is 4.79 Å². The Kier molecular flexibility index (Phi) is 7.94. The quantitative estimate of drug-likeness (QED) is 0.367. The number of hydrogen-bond donors (Lipinski definition) is 2. The van der Waals surface area contributed by atoms with Gasteiger partial charge in [0.1, 0.15) is 12.4 Å². The Bertz CT molecular complexity index is 986. The molecule has 0 aliphatic rings. The largest absolute Gasteiger partial charge is 0.485 e. The van der Waals surface area contributed by atoms with Crippen LogP contribution < -0.4 is 15.9 Å². The average Bonchev–Trinajstić information content (AvgIpc) is 3.12. The summed E-state index contributed by atoms with van der Waals surface area (Å²) >= 11 is 1.26. The summed E-state index contributed by atoms with van der Waals surface area (Å²) in [6.45, 7) is 6.30. The third-order valence-corrected chi connectivity index (χ3v) is 5.88. The molecule has 164 valence electrons. The van der Waals surface area contributed by atoms with Gasteiger partial charge in [-0.2, -0.15) is 0 Å². The van der Waals surface area contributed by atoms with Crippen molar-refractivity contribution in [2.75, 3.05) is 11.6 Å². The molecule has 31 heavy (non-hydrogen) atoms. The van der Waals surface area contributed by atoms with Gasteiger partial charge >= 0.3 is 0 Å². The number of nitrogens with zero attached hydrogens (tertiary/aromatic N) is 3. The van der Waals surface area contributed by atoms with E-state index < -0.39 is 0 Å². The zero-order valence-corrected chi connectivity index (χ0v) is 19.0. The molecule has 7 nitrogen and oxygen atoms in total. The Morgan fingerprint density at radius 2 is 1.84 bits per heavy atom. The molecule has 3 rings (SSSR count). The second-order valence-corrected chi connectivity index (χ2v) is 8.33. The van der Waals surface area contributed by atoms with Gasteiger partial charge in [0.05, 0.1) is 11.8 Å². The van der Waals surface area contributed by atoms with Crippen LogP contribution in [0.3, 0.4) is 0 Å². The van der Waals surface area contributed by atoms with E-state index in [0.29, 0.717) is 11.0 Å². The highest BCUT2D eigenvalue weighted by molar-refractivity contribution is 7.99.